The molecule has 6 heteroatoms. The SMILES string of the molecule is FC(F)Sc1ccc(NCc2cccc(Br)n2)cc1. The minimum Gasteiger partial charge on any atom is -0.379 e. The number of halogens is 3. The standard InChI is InChI=1S/C13H11BrF2N2S/c14-12-3-1-2-10(18-12)8-17-9-4-6-11(7-5-9)19-13(15)16/h1-7,13,17H,8H2. The highest BCUT2D eigenvalue weighted by atomic mass is 79.9. The van der Waals surface area contributed by atoms with E-state index in [9.17, 15) is 8.78 Å². The molecule has 0 atom stereocenters. The minimum absolute atomic E-state index is 0.544. The normalized spacial score (nSPS) is 10.7. The molecule has 0 aliphatic carbocycles. The first-order chi connectivity index (χ1) is 9.13. The molecule has 1 aromatic carbocycles. The van der Waals surface area contributed by atoms with E-state index in [0.717, 1.165) is 16.0 Å². The summed E-state index contributed by atoms with van der Waals surface area (Å²) in [5, 5.41) is 3.19. The van der Waals surface area contributed by atoms with Crippen LogP contribution in [0.15, 0.2) is 52.0 Å². The highest BCUT2D eigenvalue weighted by Crippen LogP contribution is 2.26. The Labute approximate surface area is 122 Å². The van der Waals surface area contributed by atoms with Crippen LogP contribution in [0, 0.1) is 0 Å². The third-order valence-corrected chi connectivity index (χ3v) is 3.49. The summed E-state index contributed by atoms with van der Waals surface area (Å²) >= 11 is 3.85. The highest BCUT2D eigenvalue weighted by Gasteiger charge is 2.04. The predicted octanol–water partition coefficient (Wildman–Crippen LogP) is 4.77. The minimum atomic E-state index is -2.38. The van der Waals surface area contributed by atoms with Gasteiger partial charge in [-0.15, -0.1) is 0 Å². The summed E-state index contributed by atoms with van der Waals surface area (Å²) in [6.45, 7) is 0.584. The van der Waals surface area contributed by atoms with E-state index in [-0.39, 0.29) is 0 Å². The fourth-order valence-corrected chi connectivity index (χ4v) is 2.37. The van der Waals surface area contributed by atoms with Gasteiger partial charge >= 0.3 is 0 Å². The number of nitrogens with zero attached hydrogens (tertiary/aromatic N) is 1. The van der Waals surface area contributed by atoms with E-state index in [1.165, 1.54) is 0 Å². The van der Waals surface area contributed by atoms with Crippen molar-refractivity contribution in [3.8, 4) is 0 Å². The van der Waals surface area contributed by atoms with E-state index in [4.69, 9.17) is 0 Å². The first-order valence-corrected chi connectivity index (χ1v) is 7.21. The quantitative estimate of drug-likeness (QED) is 0.624. The van der Waals surface area contributed by atoms with Gasteiger partial charge in [0.15, 0.2) is 0 Å². The first-order valence-electron chi connectivity index (χ1n) is 5.53. The Morgan fingerprint density at radius 3 is 2.53 bits per heavy atom. The van der Waals surface area contributed by atoms with Crippen molar-refractivity contribution < 1.29 is 8.78 Å². The summed E-state index contributed by atoms with van der Waals surface area (Å²) in [4.78, 5) is 4.85. The number of anilines is 1. The zero-order valence-corrected chi connectivity index (χ0v) is 12.2. The summed E-state index contributed by atoms with van der Waals surface area (Å²) in [6.07, 6.45) is 0. The number of alkyl halides is 2. The number of pyridine rings is 1. The number of rotatable bonds is 5. The van der Waals surface area contributed by atoms with Crippen LogP contribution in [0.2, 0.25) is 0 Å². The molecule has 0 radical (unpaired) electrons. The molecule has 0 bridgehead atoms. The molecule has 0 unspecified atom stereocenters. The van der Waals surface area contributed by atoms with Gasteiger partial charge in [0.25, 0.3) is 5.76 Å². The van der Waals surface area contributed by atoms with Crippen molar-refractivity contribution in [1.82, 2.24) is 4.98 Å². The zero-order valence-electron chi connectivity index (χ0n) is 9.82. The second-order valence-electron chi connectivity index (χ2n) is 3.71. The van der Waals surface area contributed by atoms with Gasteiger partial charge in [-0.25, -0.2) is 4.98 Å². The maximum atomic E-state index is 12.2. The van der Waals surface area contributed by atoms with E-state index < -0.39 is 5.76 Å². The molecule has 1 aromatic heterocycles. The number of nitrogens with one attached hydrogen (secondary N) is 1. The van der Waals surface area contributed by atoms with Crippen molar-refractivity contribution in [3.63, 3.8) is 0 Å². The van der Waals surface area contributed by atoms with E-state index >= 15 is 0 Å². The summed E-state index contributed by atoms with van der Waals surface area (Å²) in [6, 6.07) is 12.6. The number of thioether (sulfide) groups is 1. The molecule has 0 aliphatic rings. The summed E-state index contributed by atoms with van der Waals surface area (Å²) < 4.78 is 25.1. The van der Waals surface area contributed by atoms with Crippen LogP contribution in [0.1, 0.15) is 5.69 Å². The summed E-state index contributed by atoms with van der Waals surface area (Å²) in [5.74, 6) is -2.38. The van der Waals surface area contributed by atoms with Crippen LogP contribution in [0.4, 0.5) is 14.5 Å². The second kappa shape index (κ2) is 6.86. The third-order valence-electron chi connectivity index (χ3n) is 2.33. The Morgan fingerprint density at radius 1 is 1.16 bits per heavy atom. The van der Waals surface area contributed by atoms with Crippen LogP contribution < -0.4 is 5.32 Å². The smallest absolute Gasteiger partial charge is 0.288 e. The number of aromatic nitrogens is 1. The van der Waals surface area contributed by atoms with Gasteiger partial charge in [0.1, 0.15) is 4.60 Å². The largest absolute Gasteiger partial charge is 0.379 e. The highest BCUT2D eigenvalue weighted by molar-refractivity contribution is 9.10. The van der Waals surface area contributed by atoms with Crippen molar-refractivity contribution in [3.05, 3.63) is 52.8 Å². The molecule has 100 valence electrons. The van der Waals surface area contributed by atoms with Crippen LogP contribution in [0.3, 0.4) is 0 Å². The molecule has 1 heterocycles. The molecule has 0 fully saturated rings. The number of hydrogen-bond donors (Lipinski definition) is 1. The lowest BCUT2D eigenvalue weighted by Crippen LogP contribution is -2.01. The maximum Gasteiger partial charge on any atom is 0.288 e. The molecular weight excluding hydrogens is 334 g/mol. The first kappa shape index (κ1) is 14.3. The van der Waals surface area contributed by atoms with Gasteiger partial charge in [0.05, 0.1) is 12.2 Å². The molecule has 19 heavy (non-hydrogen) atoms. The third kappa shape index (κ3) is 4.80. The van der Waals surface area contributed by atoms with Gasteiger partial charge in [0, 0.05) is 10.6 Å². The second-order valence-corrected chi connectivity index (χ2v) is 5.58. The van der Waals surface area contributed by atoms with Crippen molar-refractivity contribution in [2.45, 2.75) is 17.2 Å². The number of hydrogen-bond acceptors (Lipinski definition) is 3. The van der Waals surface area contributed by atoms with Gasteiger partial charge < -0.3 is 5.32 Å². The van der Waals surface area contributed by atoms with Crippen molar-refractivity contribution >= 4 is 33.4 Å². The molecule has 0 amide bonds. The molecule has 1 N–H and O–H groups in total. The lowest BCUT2D eigenvalue weighted by molar-refractivity contribution is 0.252. The monoisotopic (exact) mass is 344 g/mol. The van der Waals surface area contributed by atoms with Gasteiger partial charge in [-0.1, -0.05) is 17.8 Å². The van der Waals surface area contributed by atoms with Crippen LogP contribution in [0.25, 0.3) is 0 Å². The average Bonchev–Trinajstić information content (AvgIpc) is 2.37. The Morgan fingerprint density at radius 2 is 1.89 bits per heavy atom. The molecule has 2 aromatic rings. The van der Waals surface area contributed by atoms with Crippen LogP contribution in [-0.2, 0) is 6.54 Å². The Bertz CT molecular complexity index is 534. The Kier molecular flexibility index (Phi) is 5.15. The molecule has 2 rings (SSSR count). The maximum absolute atomic E-state index is 12.2. The fraction of sp³-hybridized carbons (Fsp3) is 0.154. The van der Waals surface area contributed by atoms with Gasteiger partial charge in [-0.2, -0.15) is 8.78 Å². The molecule has 0 saturated heterocycles. The van der Waals surface area contributed by atoms with E-state index in [1.54, 1.807) is 24.3 Å². The van der Waals surface area contributed by atoms with Crippen LogP contribution >= 0.6 is 27.7 Å². The lowest BCUT2D eigenvalue weighted by Gasteiger charge is -2.07. The molecule has 2 nitrogen and oxygen atoms in total. The Balaban J connectivity index is 1.93. The van der Waals surface area contributed by atoms with Crippen molar-refractivity contribution in [2.75, 3.05) is 5.32 Å². The van der Waals surface area contributed by atoms with E-state index in [2.05, 4.69) is 26.2 Å². The van der Waals surface area contributed by atoms with Gasteiger partial charge in [0.2, 0.25) is 0 Å². The van der Waals surface area contributed by atoms with Gasteiger partial charge in [-0.05, 0) is 52.3 Å². The van der Waals surface area contributed by atoms with Crippen molar-refractivity contribution in [1.29, 1.82) is 0 Å². The molecular formula is C13H11BrF2N2S. The van der Waals surface area contributed by atoms with Gasteiger partial charge in [-0.3, -0.25) is 0 Å². The zero-order chi connectivity index (χ0) is 13.7. The topological polar surface area (TPSA) is 24.9 Å². The lowest BCUT2D eigenvalue weighted by atomic mass is 10.3. The van der Waals surface area contributed by atoms with E-state index in [0.29, 0.717) is 23.2 Å². The fourth-order valence-electron chi connectivity index (χ4n) is 1.50. The molecule has 0 saturated carbocycles. The average molecular weight is 345 g/mol. The summed E-state index contributed by atoms with van der Waals surface area (Å²) in [7, 11) is 0. The summed E-state index contributed by atoms with van der Waals surface area (Å²) in [5.41, 5.74) is 1.78. The predicted molar refractivity (Wildman–Crippen MR) is 77.6 cm³/mol. The van der Waals surface area contributed by atoms with Crippen LogP contribution in [0.5, 0.6) is 0 Å². The van der Waals surface area contributed by atoms with Crippen LogP contribution in [-0.4, -0.2) is 10.7 Å². The number of benzene rings is 1. The van der Waals surface area contributed by atoms with E-state index in [1.807, 2.05) is 18.2 Å². The molecule has 0 aliphatic heterocycles. The molecule has 0 spiro atoms. The Hall–Kier alpha value is -1.14. The van der Waals surface area contributed by atoms with Crippen molar-refractivity contribution in [2.24, 2.45) is 0 Å².